The molecule has 0 atom stereocenters. The number of benzene rings is 1. The monoisotopic (exact) mass is 355 g/mol. The molecule has 1 aromatic carbocycles. The lowest BCUT2D eigenvalue weighted by atomic mass is 9.95. The minimum Gasteiger partial charge on any atom is -0.342 e. The summed E-state index contributed by atoms with van der Waals surface area (Å²) in [7, 11) is 0. The van der Waals surface area contributed by atoms with E-state index in [0.29, 0.717) is 44.6 Å². The summed E-state index contributed by atoms with van der Waals surface area (Å²) in [4.78, 5) is 40.6. The second-order valence-corrected chi connectivity index (χ2v) is 7.53. The van der Waals surface area contributed by atoms with E-state index in [2.05, 4.69) is 5.32 Å². The minimum atomic E-state index is -0.0828. The fraction of sp³-hybridized carbons (Fsp3) is 0.550. The lowest BCUT2D eigenvalue weighted by molar-refractivity contribution is -0.135. The van der Waals surface area contributed by atoms with Crippen LogP contribution in [-0.4, -0.2) is 42.3 Å². The maximum atomic E-state index is 12.7. The first-order valence-corrected chi connectivity index (χ1v) is 9.62. The molecular weight excluding hydrogens is 330 g/mol. The summed E-state index contributed by atoms with van der Waals surface area (Å²) in [6.07, 6.45) is 4.87. The molecule has 1 saturated carbocycles. The molecule has 0 unspecified atom stereocenters. The first-order valence-electron chi connectivity index (χ1n) is 9.62. The van der Waals surface area contributed by atoms with Gasteiger partial charge in [-0.05, 0) is 44.2 Å². The van der Waals surface area contributed by atoms with Crippen LogP contribution in [0.4, 0.5) is 11.4 Å². The Hall–Kier alpha value is -2.37. The summed E-state index contributed by atoms with van der Waals surface area (Å²) in [5, 5.41) is 3.02. The number of amides is 3. The third kappa shape index (κ3) is 3.45. The molecule has 1 aliphatic carbocycles. The van der Waals surface area contributed by atoms with E-state index in [1.807, 2.05) is 29.2 Å². The average molecular weight is 355 g/mol. The summed E-state index contributed by atoms with van der Waals surface area (Å²) >= 11 is 0. The van der Waals surface area contributed by atoms with Crippen molar-refractivity contribution in [2.45, 2.75) is 38.5 Å². The average Bonchev–Trinajstić information content (AvgIpc) is 3.43. The Labute approximate surface area is 153 Å². The summed E-state index contributed by atoms with van der Waals surface area (Å²) in [5.41, 5.74) is 1.48. The Balaban J connectivity index is 1.38. The highest BCUT2D eigenvalue weighted by molar-refractivity contribution is 6.02. The zero-order valence-electron chi connectivity index (χ0n) is 14.9. The molecule has 3 fully saturated rings. The van der Waals surface area contributed by atoms with Crippen molar-refractivity contribution in [3.05, 3.63) is 24.3 Å². The molecule has 1 aromatic rings. The minimum absolute atomic E-state index is 0.0115. The zero-order valence-corrected chi connectivity index (χ0v) is 14.9. The number of likely N-dealkylation sites (tertiary alicyclic amines) is 1. The van der Waals surface area contributed by atoms with Crippen molar-refractivity contribution < 1.29 is 14.4 Å². The van der Waals surface area contributed by atoms with Gasteiger partial charge in [0.1, 0.15) is 0 Å². The Kier molecular flexibility index (Phi) is 4.66. The maximum absolute atomic E-state index is 12.7. The molecule has 1 N–H and O–H groups in total. The van der Waals surface area contributed by atoms with Crippen LogP contribution < -0.4 is 10.2 Å². The van der Waals surface area contributed by atoms with Crippen LogP contribution in [0.2, 0.25) is 0 Å². The van der Waals surface area contributed by atoms with Crippen molar-refractivity contribution >= 4 is 29.1 Å². The molecule has 6 heteroatoms. The molecule has 0 bridgehead atoms. The molecule has 0 aromatic heterocycles. The van der Waals surface area contributed by atoms with Gasteiger partial charge < -0.3 is 15.1 Å². The van der Waals surface area contributed by atoms with Crippen LogP contribution in [0, 0.1) is 11.8 Å². The predicted octanol–water partition coefficient (Wildman–Crippen LogP) is 2.40. The molecule has 2 aliphatic heterocycles. The molecular formula is C20H25N3O3. The maximum Gasteiger partial charge on any atom is 0.227 e. The third-order valence-corrected chi connectivity index (χ3v) is 5.63. The molecule has 0 spiro atoms. The number of carbonyl (C=O) groups is 3. The smallest absolute Gasteiger partial charge is 0.227 e. The van der Waals surface area contributed by atoms with Crippen LogP contribution in [0.5, 0.6) is 0 Å². The molecule has 0 radical (unpaired) electrons. The van der Waals surface area contributed by atoms with E-state index in [1.54, 1.807) is 4.90 Å². The molecule has 3 amide bonds. The number of hydrogen-bond donors (Lipinski definition) is 1. The Morgan fingerprint density at radius 2 is 1.69 bits per heavy atom. The van der Waals surface area contributed by atoms with Gasteiger partial charge in [0.05, 0.1) is 11.4 Å². The third-order valence-electron chi connectivity index (χ3n) is 5.63. The second-order valence-electron chi connectivity index (χ2n) is 7.53. The van der Waals surface area contributed by atoms with Gasteiger partial charge in [-0.15, -0.1) is 0 Å². The van der Waals surface area contributed by atoms with Gasteiger partial charge in [0.15, 0.2) is 0 Å². The molecule has 3 aliphatic rings. The van der Waals surface area contributed by atoms with Crippen LogP contribution in [-0.2, 0) is 14.4 Å². The second kappa shape index (κ2) is 7.09. The molecule has 26 heavy (non-hydrogen) atoms. The quantitative estimate of drug-likeness (QED) is 0.902. The summed E-state index contributed by atoms with van der Waals surface area (Å²) in [6, 6.07) is 7.50. The number of carbonyl (C=O) groups excluding carboxylic acids is 3. The number of nitrogens with zero attached hydrogens (tertiary/aromatic N) is 2. The van der Waals surface area contributed by atoms with E-state index in [0.717, 1.165) is 24.9 Å². The van der Waals surface area contributed by atoms with Gasteiger partial charge in [-0.3, -0.25) is 14.4 Å². The van der Waals surface area contributed by atoms with E-state index >= 15 is 0 Å². The summed E-state index contributed by atoms with van der Waals surface area (Å²) in [5.74, 6) is 0.522. The predicted molar refractivity (Wildman–Crippen MR) is 98.7 cm³/mol. The fourth-order valence-electron chi connectivity index (χ4n) is 3.90. The number of para-hydroxylation sites is 2. The highest BCUT2D eigenvalue weighted by Crippen LogP contribution is 2.33. The van der Waals surface area contributed by atoms with Crippen molar-refractivity contribution in [1.29, 1.82) is 0 Å². The van der Waals surface area contributed by atoms with Gasteiger partial charge in [0.2, 0.25) is 17.7 Å². The van der Waals surface area contributed by atoms with Gasteiger partial charge >= 0.3 is 0 Å². The number of hydrogen-bond acceptors (Lipinski definition) is 3. The standard InChI is InChI=1S/C20H25N3O3/c24-18-6-3-11-23(18)17-5-2-1-4-16(17)21-19(25)14-9-12-22(13-10-14)20(26)15-7-8-15/h1-2,4-5,14-15H,3,6-13H2,(H,21,25). The van der Waals surface area contributed by atoms with Crippen molar-refractivity contribution in [3.8, 4) is 0 Å². The van der Waals surface area contributed by atoms with E-state index in [-0.39, 0.29) is 29.6 Å². The van der Waals surface area contributed by atoms with Crippen LogP contribution in [0.1, 0.15) is 38.5 Å². The fourth-order valence-corrected chi connectivity index (χ4v) is 3.90. The van der Waals surface area contributed by atoms with E-state index in [9.17, 15) is 14.4 Å². The molecule has 2 heterocycles. The van der Waals surface area contributed by atoms with Gasteiger partial charge in [-0.2, -0.15) is 0 Å². The molecule has 138 valence electrons. The SMILES string of the molecule is O=C(Nc1ccccc1N1CCCC1=O)C1CCN(C(=O)C2CC2)CC1. The number of rotatable bonds is 4. The summed E-state index contributed by atoms with van der Waals surface area (Å²) in [6.45, 7) is 2.03. The summed E-state index contributed by atoms with van der Waals surface area (Å²) < 4.78 is 0. The van der Waals surface area contributed by atoms with Crippen molar-refractivity contribution in [1.82, 2.24) is 4.90 Å². The Bertz CT molecular complexity index is 721. The van der Waals surface area contributed by atoms with Crippen LogP contribution >= 0.6 is 0 Å². The molecule has 6 nitrogen and oxygen atoms in total. The van der Waals surface area contributed by atoms with E-state index in [4.69, 9.17) is 0 Å². The van der Waals surface area contributed by atoms with Crippen LogP contribution in [0.15, 0.2) is 24.3 Å². The number of anilines is 2. The highest BCUT2D eigenvalue weighted by atomic mass is 16.2. The first-order chi connectivity index (χ1) is 12.6. The molecule has 4 rings (SSSR count). The number of nitrogens with one attached hydrogen (secondary N) is 1. The van der Waals surface area contributed by atoms with Crippen LogP contribution in [0.25, 0.3) is 0 Å². The van der Waals surface area contributed by atoms with Gasteiger partial charge in [0, 0.05) is 37.9 Å². The van der Waals surface area contributed by atoms with E-state index in [1.165, 1.54) is 0 Å². The van der Waals surface area contributed by atoms with Crippen LogP contribution in [0.3, 0.4) is 0 Å². The topological polar surface area (TPSA) is 69.7 Å². The highest BCUT2D eigenvalue weighted by Gasteiger charge is 2.36. The van der Waals surface area contributed by atoms with E-state index < -0.39 is 0 Å². The van der Waals surface area contributed by atoms with Crippen molar-refractivity contribution in [2.75, 3.05) is 29.9 Å². The van der Waals surface area contributed by atoms with Crippen molar-refractivity contribution in [3.63, 3.8) is 0 Å². The first kappa shape index (κ1) is 17.1. The van der Waals surface area contributed by atoms with Gasteiger partial charge in [-0.25, -0.2) is 0 Å². The normalized spacial score (nSPS) is 21.2. The Morgan fingerprint density at radius 1 is 0.962 bits per heavy atom. The lowest BCUT2D eigenvalue weighted by Gasteiger charge is -2.31. The Morgan fingerprint density at radius 3 is 2.35 bits per heavy atom. The number of piperidine rings is 1. The zero-order chi connectivity index (χ0) is 18.1. The molecule has 2 saturated heterocycles. The largest absolute Gasteiger partial charge is 0.342 e. The van der Waals surface area contributed by atoms with Gasteiger partial charge in [-0.1, -0.05) is 12.1 Å². The van der Waals surface area contributed by atoms with Crippen molar-refractivity contribution in [2.24, 2.45) is 11.8 Å². The van der Waals surface area contributed by atoms with Gasteiger partial charge in [0.25, 0.3) is 0 Å². The lowest BCUT2D eigenvalue weighted by Crippen LogP contribution is -2.42.